The number of benzene rings is 1. The number of fused-ring (bicyclic) bond motifs is 1. The van der Waals surface area contributed by atoms with Crippen molar-refractivity contribution in [3.8, 4) is 0 Å². The van der Waals surface area contributed by atoms with Gasteiger partial charge < -0.3 is 14.6 Å². The first kappa shape index (κ1) is 15.6. The molecule has 24 heavy (non-hydrogen) atoms. The summed E-state index contributed by atoms with van der Waals surface area (Å²) in [5.74, 6) is 0.905. The molecule has 0 saturated carbocycles. The van der Waals surface area contributed by atoms with Crippen molar-refractivity contribution in [2.45, 2.75) is 38.5 Å². The van der Waals surface area contributed by atoms with Crippen molar-refractivity contribution in [1.82, 2.24) is 19.4 Å². The normalized spacial score (nSPS) is 25.0. The lowest BCUT2D eigenvalue weighted by molar-refractivity contribution is -0.131. The highest BCUT2D eigenvalue weighted by Gasteiger charge is 2.38. The van der Waals surface area contributed by atoms with E-state index in [1.54, 1.807) is 0 Å². The van der Waals surface area contributed by atoms with Crippen LogP contribution < -0.4 is 0 Å². The third-order valence-corrected chi connectivity index (χ3v) is 5.36. The van der Waals surface area contributed by atoms with Crippen molar-refractivity contribution in [3.63, 3.8) is 0 Å². The molecule has 2 atom stereocenters. The zero-order chi connectivity index (χ0) is 16.7. The molecule has 2 fully saturated rings. The molecule has 6 nitrogen and oxygen atoms in total. The summed E-state index contributed by atoms with van der Waals surface area (Å²) >= 11 is 0. The largest absolute Gasteiger partial charge is 0.390 e. The van der Waals surface area contributed by atoms with Crippen LogP contribution in [0.3, 0.4) is 0 Å². The van der Waals surface area contributed by atoms with Gasteiger partial charge in [-0.1, -0.05) is 12.1 Å². The summed E-state index contributed by atoms with van der Waals surface area (Å²) in [6, 6.07) is 7.98. The summed E-state index contributed by atoms with van der Waals surface area (Å²) in [4.78, 5) is 21.4. The molecule has 0 unspecified atom stereocenters. The van der Waals surface area contributed by atoms with Crippen LogP contribution in [-0.2, 0) is 11.3 Å². The van der Waals surface area contributed by atoms with Crippen LogP contribution in [0.5, 0.6) is 0 Å². The number of aliphatic hydroxyl groups excluding tert-OH is 1. The Bertz CT molecular complexity index is 751. The highest BCUT2D eigenvalue weighted by atomic mass is 16.3. The van der Waals surface area contributed by atoms with Gasteiger partial charge in [-0.25, -0.2) is 4.98 Å². The maximum Gasteiger partial charge on any atom is 0.242 e. The third-order valence-electron chi connectivity index (χ3n) is 5.36. The molecule has 2 saturated heterocycles. The number of nitrogens with zero attached hydrogens (tertiary/aromatic N) is 4. The van der Waals surface area contributed by atoms with E-state index in [2.05, 4.69) is 9.88 Å². The van der Waals surface area contributed by atoms with Gasteiger partial charge in [0.2, 0.25) is 5.91 Å². The van der Waals surface area contributed by atoms with Gasteiger partial charge in [0, 0.05) is 13.1 Å². The monoisotopic (exact) mass is 328 g/mol. The minimum absolute atomic E-state index is 0.0574. The predicted octanol–water partition coefficient (Wildman–Crippen LogP) is 1.01. The van der Waals surface area contributed by atoms with Crippen molar-refractivity contribution in [1.29, 1.82) is 0 Å². The molecule has 1 aromatic carbocycles. The summed E-state index contributed by atoms with van der Waals surface area (Å²) in [5, 5.41) is 10.4. The Kier molecular flexibility index (Phi) is 4.02. The number of carbonyl (C=O) groups is 1. The molecule has 3 heterocycles. The second-order valence-electron chi connectivity index (χ2n) is 6.91. The standard InChI is InChI=1S/C18H24N4O2/c1-13-19-14-6-2-3-7-15(14)22(13)12-18(24)21-10-16(17(23)11-21)20-8-4-5-9-20/h2-3,6-7,16-17,23H,4-5,8-12H2,1H3/t16-,17-/m1/s1. The molecule has 2 aliphatic rings. The van der Waals surface area contributed by atoms with Crippen LogP contribution in [0.25, 0.3) is 11.0 Å². The number of rotatable bonds is 3. The van der Waals surface area contributed by atoms with Crippen molar-refractivity contribution < 1.29 is 9.90 Å². The topological polar surface area (TPSA) is 61.6 Å². The Morgan fingerprint density at radius 2 is 2.00 bits per heavy atom. The van der Waals surface area contributed by atoms with Gasteiger partial charge in [0.25, 0.3) is 0 Å². The first-order chi connectivity index (χ1) is 11.6. The molecule has 2 aliphatic heterocycles. The van der Waals surface area contributed by atoms with Gasteiger partial charge in [0.15, 0.2) is 0 Å². The van der Waals surface area contributed by atoms with Crippen LogP contribution >= 0.6 is 0 Å². The van der Waals surface area contributed by atoms with E-state index >= 15 is 0 Å². The quantitative estimate of drug-likeness (QED) is 0.914. The second-order valence-corrected chi connectivity index (χ2v) is 6.91. The Balaban J connectivity index is 1.49. The van der Waals surface area contributed by atoms with Gasteiger partial charge >= 0.3 is 0 Å². The molecule has 1 amide bonds. The van der Waals surface area contributed by atoms with Gasteiger partial charge in [-0.2, -0.15) is 0 Å². The van der Waals surface area contributed by atoms with E-state index in [9.17, 15) is 9.90 Å². The molecule has 1 N–H and O–H groups in total. The zero-order valence-electron chi connectivity index (χ0n) is 14.1. The third kappa shape index (κ3) is 2.70. The van der Waals surface area contributed by atoms with Crippen molar-refractivity contribution >= 4 is 16.9 Å². The summed E-state index contributed by atoms with van der Waals surface area (Å²) in [7, 11) is 0. The fourth-order valence-corrected chi connectivity index (χ4v) is 4.04. The van der Waals surface area contributed by atoms with Gasteiger partial charge in [0.1, 0.15) is 12.4 Å². The molecule has 1 aromatic heterocycles. The number of aromatic nitrogens is 2. The molecule has 6 heteroatoms. The number of aliphatic hydroxyl groups is 1. The van der Waals surface area contributed by atoms with Gasteiger partial charge in [0.05, 0.1) is 23.2 Å². The highest BCUT2D eigenvalue weighted by Crippen LogP contribution is 2.22. The second kappa shape index (κ2) is 6.18. The Morgan fingerprint density at radius 3 is 2.79 bits per heavy atom. The van der Waals surface area contributed by atoms with Crippen LogP contribution in [0, 0.1) is 6.92 Å². The number of aryl methyl sites for hydroxylation is 1. The lowest BCUT2D eigenvalue weighted by Crippen LogP contribution is -2.41. The molecular weight excluding hydrogens is 304 g/mol. The molecule has 0 radical (unpaired) electrons. The molecule has 0 bridgehead atoms. The average molecular weight is 328 g/mol. The fourth-order valence-electron chi connectivity index (χ4n) is 4.04. The number of β-amino-alcohol motifs (C(OH)–C–C–N with tert-alkyl or cyclic N) is 1. The molecular formula is C18H24N4O2. The lowest BCUT2D eigenvalue weighted by Gasteiger charge is -2.25. The van der Waals surface area contributed by atoms with Crippen molar-refractivity contribution in [2.75, 3.05) is 26.2 Å². The minimum atomic E-state index is -0.437. The number of imidazole rings is 1. The smallest absolute Gasteiger partial charge is 0.242 e. The first-order valence-corrected chi connectivity index (χ1v) is 8.75. The summed E-state index contributed by atoms with van der Waals surface area (Å²) in [6.07, 6.45) is 1.95. The van der Waals surface area contributed by atoms with Crippen LogP contribution in [0.2, 0.25) is 0 Å². The van der Waals surface area contributed by atoms with E-state index in [4.69, 9.17) is 0 Å². The number of likely N-dealkylation sites (tertiary alicyclic amines) is 2. The van der Waals surface area contributed by atoms with Gasteiger partial charge in [-0.3, -0.25) is 9.69 Å². The maximum atomic E-state index is 12.8. The number of amides is 1. The lowest BCUT2D eigenvalue weighted by atomic mass is 10.2. The zero-order valence-corrected chi connectivity index (χ0v) is 14.1. The minimum Gasteiger partial charge on any atom is -0.390 e. The maximum absolute atomic E-state index is 12.8. The Morgan fingerprint density at radius 1 is 1.25 bits per heavy atom. The van der Waals surface area contributed by atoms with Crippen LogP contribution in [-0.4, -0.2) is 68.7 Å². The molecule has 0 aliphatic carbocycles. The van der Waals surface area contributed by atoms with Crippen LogP contribution in [0.1, 0.15) is 18.7 Å². The van der Waals surface area contributed by atoms with Gasteiger partial charge in [-0.05, 0) is 45.0 Å². The number of para-hydroxylation sites is 2. The SMILES string of the molecule is Cc1nc2ccccc2n1CC(=O)N1C[C@@H](O)[C@H](N2CCCC2)C1. The van der Waals surface area contributed by atoms with E-state index in [1.165, 1.54) is 12.8 Å². The number of hydrogen-bond acceptors (Lipinski definition) is 4. The Hall–Kier alpha value is -1.92. The molecule has 128 valence electrons. The average Bonchev–Trinajstić information content (AvgIpc) is 3.27. The Labute approximate surface area is 141 Å². The predicted molar refractivity (Wildman–Crippen MR) is 91.7 cm³/mol. The van der Waals surface area contributed by atoms with Gasteiger partial charge in [-0.15, -0.1) is 0 Å². The molecule has 2 aromatic rings. The number of carbonyl (C=O) groups excluding carboxylic acids is 1. The van der Waals surface area contributed by atoms with Crippen molar-refractivity contribution in [3.05, 3.63) is 30.1 Å². The van der Waals surface area contributed by atoms with E-state index in [-0.39, 0.29) is 18.5 Å². The summed E-state index contributed by atoms with van der Waals surface area (Å²) in [6.45, 7) is 5.35. The molecule has 4 rings (SSSR count). The molecule has 0 spiro atoms. The van der Waals surface area contributed by atoms with Crippen molar-refractivity contribution in [2.24, 2.45) is 0 Å². The van der Waals surface area contributed by atoms with E-state index in [0.717, 1.165) is 29.9 Å². The summed E-state index contributed by atoms with van der Waals surface area (Å²) < 4.78 is 1.97. The van der Waals surface area contributed by atoms with Crippen LogP contribution in [0.15, 0.2) is 24.3 Å². The van der Waals surface area contributed by atoms with E-state index in [1.807, 2.05) is 40.7 Å². The van der Waals surface area contributed by atoms with E-state index < -0.39 is 6.10 Å². The first-order valence-electron chi connectivity index (χ1n) is 8.75. The fraction of sp³-hybridized carbons (Fsp3) is 0.556. The number of hydrogen-bond donors (Lipinski definition) is 1. The summed E-state index contributed by atoms with van der Waals surface area (Å²) in [5.41, 5.74) is 1.90. The van der Waals surface area contributed by atoms with E-state index in [0.29, 0.717) is 13.1 Å². The van der Waals surface area contributed by atoms with Crippen LogP contribution in [0.4, 0.5) is 0 Å². The highest BCUT2D eigenvalue weighted by molar-refractivity contribution is 5.81.